The van der Waals surface area contributed by atoms with Crippen molar-refractivity contribution in [1.82, 2.24) is 10.2 Å². The van der Waals surface area contributed by atoms with Gasteiger partial charge >= 0.3 is 6.09 Å². The zero-order chi connectivity index (χ0) is 15.8. The summed E-state index contributed by atoms with van der Waals surface area (Å²) in [5, 5.41) is 2.65. The van der Waals surface area contributed by atoms with Crippen LogP contribution in [-0.2, 0) is 4.74 Å². The Labute approximate surface area is 131 Å². The molecule has 1 aliphatic heterocycles. The molecule has 6 nitrogen and oxygen atoms in total. The molecular weight excluding hydrogens is 284 g/mol. The molecule has 1 unspecified atom stereocenters. The van der Waals surface area contributed by atoms with Crippen LogP contribution in [0.3, 0.4) is 0 Å². The number of amides is 1. The van der Waals surface area contributed by atoms with Gasteiger partial charge in [-0.1, -0.05) is 26.0 Å². The number of nitrogens with one attached hydrogen (secondary N) is 1. The van der Waals surface area contributed by atoms with Gasteiger partial charge < -0.3 is 19.1 Å². The Morgan fingerprint density at radius 1 is 1.32 bits per heavy atom. The Bertz CT molecular complexity index is 477. The number of alkyl carbamates (subject to hydrolysis) is 1. The van der Waals surface area contributed by atoms with Gasteiger partial charge in [0.25, 0.3) is 0 Å². The highest BCUT2D eigenvalue weighted by Crippen LogP contribution is 2.30. The normalized spacial score (nSPS) is 16.4. The summed E-state index contributed by atoms with van der Waals surface area (Å²) in [4.78, 5) is 14.0. The standard InChI is InChI=1S/C16H24N2O4/c1-3-18(4-2)10-7-11-20-16(19)17-15-12-21-13-8-5-6-9-14(13)22-15/h5-6,8-9,15H,3-4,7,10-12H2,1-2H3,(H,17,19). The van der Waals surface area contributed by atoms with Crippen molar-refractivity contribution in [3.63, 3.8) is 0 Å². The number of para-hydroxylation sites is 2. The molecule has 1 amide bonds. The second-order valence-corrected chi connectivity index (χ2v) is 5.02. The van der Waals surface area contributed by atoms with Gasteiger partial charge in [-0.05, 0) is 31.6 Å². The summed E-state index contributed by atoms with van der Waals surface area (Å²) < 4.78 is 16.3. The first-order valence-corrected chi connectivity index (χ1v) is 7.77. The lowest BCUT2D eigenvalue weighted by Gasteiger charge is -2.26. The minimum atomic E-state index is -0.523. The molecular formula is C16H24N2O4. The van der Waals surface area contributed by atoms with E-state index in [1.165, 1.54) is 0 Å². The summed E-state index contributed by atoms with van der Waals surface area (Å²) >= 11 is 0. The lowest BCUT2D eigenvalue weighted by atomic mass is 10.3. The quantitative estimate of drug-likeness (QED) is 0.783. The highest BCUT2D eigenvalue weighted by molar-refractivity contribution is 5.67. The third-order valence-electron chi connectivity index (χ3n) is 3.53. The molecule has 1 atom stereocenters. The minimum absolute atomic E-state index is 0.269. The van der Waals surface area contributed by atoms with Crippen LogP contribution in [0.5, 0.6) is 11.5 Å². The molecule has 0 fully saturated rings. The summed E-state index contributed by atoms with van der Waals surface area (Å²) in [6.45, 7) is 7.85. The van der Waals surface area contributed by atoms with Crippen LogP contribution in [0, 0.1) is 0 Å². The van der Waals surface area contributed by atoms with Gasteiger partial charge in [0.2, 0.25) is 6.23 Å². The maximum atomic E-state index is 11.7. The van der Waals surface area contributed by atoms with E-state index in [-0.39, 0.29) is 6.61 Å². The lowest BCUT2D eigenvalue weighted by molar-refractivity contribution is 0.0563. The van der Waals surface area contributed by atoms with E-state index in [4.69, 9.17) is 14.2 Å². The minimum Gasteiger partial charge on any atom is -0.484 e. The van der Waals surface area contributed by atoms with Crippen molar-refractivity contribution >= 4 is 6.09 Å². The second-order valence-electron chi connectivity index (χ2n) is 5.02. The Morgan fingerprint density at radius 3 is 2.77 bits per heavy atom. The van der Waals surface area contributed by atoms with Gasteiger partial charge in [0.05, 0.1) is 6.61 Å². The molecule has 0 aromatic heterocycles. The summed E-state index contributed by atoms with van der Waals surface area (Å²) in [6.07, 6.45) is -0.183. The van der Waals surface area contributed by atoms with Gasteiger partial charge in [0.1, 0.15) is 6.61 Å². The number of hydrogen-bond acceptors (Lipinski definition) is 5. The second kappa shape index (κ2) is 8.48. The number of ether oxygens (including phenoxy) is 3. The fourth-order valence-corrected chi connectivity index (χ4v) is 2.26. The zero-order valence-corrected chi connectivity index (χ0v) is 13.2. The fraction of sp³-hybridized carbons (Fsp3) is 0.562. The molecule has 0 spiro atoms. The predicted molar refractivity (Wildman–Crippen MR) is 83.2 cm³/mol. The first-order chi connectivity index (χ1) is 10.7. The molecule has 1 heterocycles. The Kier molecular flexibility index (Phi) is 6.33. The Hall–Kier alpha value is -1.95. The molecule has 0 saturated heterocycles. The average molecular weight is 308 g/mol. The Morgan fingerprint density at radius 2 is 2.05 bits per heavy atom. The third kappa shape index (κ3) is 4.80. The van der Waals surface area contributed by atoms with Crippen LogP contribution in [0.25, 0.3) is 0 Å². The largest absolute Gasteiger partial charge is 0.484 e. The van der Waals surface area contributed by atoms with E-state index in [1.807, 2.05) is 18.2 Å². The van der Waals surface area contributed by atoms with Crippen molar-refractivity contribution in [2.45, 2.75) is 26.5 Å². The van der Waals surface area contributed by atoms with Crippen LogP contribution in [-0.4, -0.2) is 50.1 Å². The first-order valence-electron chi connectivity index (χ1n) is 7.77. The van der Waals surface area contributed by atoms with Crippen LogP contribution in [0.4, 0.5) is 4.79 Å². The number of carbonyl (C=O) groups is 1. The summed E-state index contributed by atoms with van der Waals surface area (Å²) in [5.74, 6) is 1.31. The average Bonchev–Trinajstić information content (AvgIpc) is 2.55. The maximum Gasteiger partial charge on any atom is 0.410 e. The number of rotatable bonds is 7. The van der Waals surface area contributed by atoms with E-state index in [9.17, 15) is 4.79 Å². The van der Waals surface area contributed by atoms with Crippen LogP contribution in [0.1, 0.15) is 20.3 Å². The molecule has 22 heavy (non-hydrogen) atoms. The lowest BCUT2D eigenvalue weighted by Crippen LogP contribution is -2.45. The van der Waals surface area contributed by atoms with Gasteiger partial charge in [0.15, 0.2) is 11.5 Å². The zero-order valence-electron chi connectivity index (χ0n) is 13.2. The smallest absolute Gasteiger partial charge is 0.410 e. The number of hydrogen-bond donors (Lipinski definition) is 1. The number of nitrogens with zero attached hydrogens (tertiary/aromatic N) is 1. The van der Waals surface area contributed by atoms with Gasteiger partial charge in [-0.2, -0.15) is 0 Å². The van der Waals surface area contributed by atoms with Crippen molar-refractivity contribution in [3.8, 4) is 11.5 Å². The van der Waals surface area contributed by atoms with Crippen molar-refractivity contribution in [2.75, 3.05) is 32.8 Å². The van der Waals surface area contributed by atoms with Gasteiger partial charge in [-0.25, -0.2) is 4.79 Å². The Balaban J connectivity index is 1.66. The van der Waals surface area contributed by atoms with Crippen LogP contribution in [0.2, 0.25) is 0 Å². The molecule has 0 bridgehead atoms. The molecule has 122 valence electrons. The number of carbonyl (C=O) groups excluding carboxylic acids is 1. The van der Waals surface area contributed by atoms with Crippen molar-refractivity contribution in [1.29, 1.82) is 0 Å². The summed E-state index contributed by atoms with van der Waals surface area (Å²) in [7, 11) is 0. The molecule has 0 aliphatic carbocycles. The van der Waals surface area contributed by atoms with Crippen molar-refractivity contribution in [2.24, 2.45) is 0 Å². The van der Waals surface area contributed by atoms with Gasteiger partial charge in [-0.15, -0.1) is 0 Å². The number of benzene rings is 1. The molecule has 1 aliphatic rings. The van der Waals surface area contributed by atoms with E-state index < -0.39 is 12.3 Å². The predicted octanol–water partition coefficient (Wildman–Crippen LogP) is 2.24. The van der Waals surface area contributed by atoms with E-state index in [0.717, 1.165) is 26.1 Å². The van der Waals surface area contributed by atoms with E-state index in [1.54, 1.807) is 6.07 Å². The highest BCUT2D eigenvalue weighted by atomic mass is 16.6. The van der Waals surface area contributed by atoms with Crippen molar-refractivity contribution in [3.05, 3.63) is 24.3 Å². The van der Waals surface area contributed by atoms with Gasteiger partial charge in [-0.3, -0.25) is 5.32 Å². The summed E-state index contributed by atoms with van der Waals surface area (Å²) in [6, 6.07) is 7.37. The molecule has 2 rings (SSSR count). The highest BCUT2D eigenvalue weighted by Gasteiger charge is 2.22. The van der Waals surface area contributed by atoms with Gasteiger partial charge in [0, 0.05) is 6.54 Å². The maximum absolute atomic E-state index is 11.7. The number of fused-ring (bicyclic) bond motifs is 1. The molecule has 0 radical (unpaired) electrons. The SMILES string of the molecule is CCN(CC)CCCOC(=O)NC1COc2ccccc2O1. The molecule has 1 N–H and O–H groups in total. The van der Waals surface area contributed by atoms with Crippen LogP contribution >= 0.6 is 0 Å². The van der Waals surface area contributed by atoms with Crippen LogP contribution < -0.4 is 14.8 Å². The third-order valence-corrected chi connectivity index (χ3v) is 3.53. The van der Waals surface area contributed by atoms with E-state index in [2.05, 4.69) is 24.1 Å². The first kappa shape index (κ1) is 16.4. The topological polar surface area (TPSA) is 60.0 Å². The molecule has 0 saturated carbocycles. The molecule has 1 aromatic rings. The summed E-state index contributed by atoms with van der Waals surface area (Å²) in [5.41, 5.74) is 0. The molecule has 6 heteroatoms. The molecule has 1 aromatic carbocycles. The van der Waals surface area contributed by atoms with E-state index in [0.29, 0.717) is 18.1 Å². The monoisotopic (exact) mass is 308 g/mol. The van der Waals surface area contributed by atoms with Crippen molar-refractivity contribution < 1.29 is 19.0 Å². The van der Waals surface area contributed by atoms with Crippen LogP contribution in [0.15, 0.2) is 24.3 Å². The fourth-order valence-electron chi connectivity index (χ4n) is 2.26. The van der Waals surface area contributed by atoms with E-state index >= 15 is 0 Å².